The van der Waals surface area contributed by atoms with E-state index >= 15 is 0 Å². The van der Waals surface area contributed by atoms with Gasteiger partial charge < -0.3 is 4.98 Å². The number of carbonyl (C=O) groups is 2. The summed E-state index contributed by atoms with van der Waals surface area (Å²) in [7, 11) is 0. The Hall–Kier alpha value is -3.15. The Labute approximate surface area is 144 Å². The van der Waals surface area contributed by atoms with E-state index < -0.39 is 0 Å². The van der Waals surface area contributed by atoms with Crippen molar-refractivity contribution in [2.24, 2.45) is 0 Å². The van der Waals surface area contributed by atoms with Crippen molar-refractivity contribution < 1.29 is 14.0 Å². The number of fused-ring (bicyclic) bond motifs is 1. The number of aromatic amines is 1. The SMILES string of the molecule is O=C(CCc1ccc(F)cc1)NNC(=O)Cc1c[nH]c2ccccc12. The molecule has 25 heavy (non-hydrogen) atoms. The van der Waals surface area contributed by atoms with Gasteiger partial charge in [-0.05, 0) is 35.7 Å². The number of aromatic nitrogens is 1. The van der Waals surface area contributed by atoms with Gasteiger partial charge in [-0.2, -0.15) is 0 Å². The maximum atomic E-state index is 12.8. The lowest BCUT2D eigenvalue weighted by Gasteiger charge is -2.07. The zero-order valence-corrected chi connectivity index (χ0v) is 13.5. The fraction of sp³-hybridized carbons (Fsp3) is 0.158. The molecule has 2 amide bonds. The number of H-pyrrole nitrogens is 1. The molecule has 0 aliphatic carbocycles. The number of aryl methyl sites for hydroxylation is 1. The number of para-hydroxylation sites is 1. The number of hydrazine groups is 1. The van der Waals surface area contributed by atoms with Crippen LogP contribution < -0.4 is 10.9 Å². The van der Waals surface area contributed by atoms with E-state index in [4.69, 9.17) is 0 Å². The maximum Gasteiger partial charge on any atom is 0.242 e. The molecule has 0 atom stereocenters. The van der Waals surface area contributed by atoms with E-state index in [2.05, 4.69) is 15.8 Å². The molecule has 2 aromatic carbocycles. The zero-order valence-electron chi connectivity index (χ0n) is 13.5. The van der Waals surface area contributed by atoms with Gasteiger partial charge in [0.25, 0.3) is 0 Å². The first-order chi connectivity index (χ1) is 12.1. The molecular formula is C19H18FN3O2. The van der Waals surface area contributed by atoms with Gasteiger partial charge in [-0.15, -0.1) is 0 Å². The third kappa shape index (κ3) is 4.44. The molecule has 0 bridgehead atoms. The number of halogens is 1. The van der Waals surface area contributed by atoms with E-state index in [9.17, 15) is 14.0 Å². The number of rotatable bonds is 5. The molecule has 3 rings (SSSR count). The highest BCUT2D eigenvalue weighted by Gasteiger charge is 2.09. The molecule has 1 heterocycles. The first kappa shape index (κ1) is 16.7. The van der Waals surface area contributed by atoms with Gasteiger partial charge in [-0.25, -0.2) is 4.39 Å². The summed E-state index contributed by atoms with van der Waals surface area (Å²) in [6, 6.07) is 13.7. The summed E-state index contributed by atoms with van der Waals surface area (Å²) in [6.07, 6.45) is 2.65. The highest BCUT2D eigenvalue weighted by molar-refractivity contribution is 5.89. The Morgan fingerprint density at radius 1 is 0.960 bits per heavy atom. The van der Waals surface area contributed by atoms with Crippen LogP contribution in [0.2, 0.25) is 0 Å². The monoisotopic (exact) mass is 339 g/mol. The molecule has 1 aromatic heterocycles. The molecule has 0 aliphatic heterocycles. The largest absolute Gasteiger partial charge is 0.361 e. The highest BCUT2D eigenvalue weighted by atomic mass is 19.1. The van der Waals surface area contributed by atoms with Crippen molar-refractivity contribution in [3.63, 3.8) is 0 Å². The summed E-state index contributed by atoms with van der Waals surface area (Å²) in [6.45, 7) is 0. The summed E-state index contributed by atoms with van der Waals surface area (Å²) in [5.74, 6) is -0.894. The third-order valence-corrected chi connectivity index (χ3v) is 3.92. The predicted molar refractivity (Wildman–Crippen MR) is 93.0 cm³/mol. The average Bonchev–Trinajstić information content (AvgIpc) is 3.02. The quantitative estimate of drug-likeness (QED) is 0.625. The Bertz CT molecular complexity index is 887. The van der Waals surface area contributed by atoms with E-state index in [1.165, 1.54) is 12.1 Å². The fourth-order valence-corrected chi connectivity index (χ4v) is 2.61. The lowest BCUT2D eigenvalue weighted by atomic mass is 10.1. The Morgan fingerprint density at radius 3 is 2.48 bits per heavy atom. The molecule has 0 aliphatic rings. The molecule has 0 spiro atoms. The van der Waals surface area contributed by atoms with Gasteiger partial charge in [0.2, 0.25) is 11.8 Å². The Balaban J connectivity index is 1.45. The van der Waals surface area contributed by atoms with E-state index in [0.717, 1.165) is 22.0 Å². The molecule has 6 heteroatoms. The van der Waals surface area contributed by atoms with Gasteiger partial charge in [-0.3, -0.25) is 20.4 Å². The minimum atomic E-state index is -0.308. The molecule has 0 saturated carbocycles. The summed E-state index contributed by atoms with van der Waals surface area (Å²) in [5.41, 5.74) is 7.52. The van der Waals surface area contributed by atoms with Gasteiger partial charge in [0.15, 0.2) is 0 Å². The molecule has 0 radical (unpaired) electrons. The number of amides is 2. The number of carbonyl (C=O) groups excluding carboxylic acids is 2. The van der Waals surface area contributed by atoms with Gasteiger partial charge in [0.1, 0.15) is 5.82 Å². The van der Waals surface area contributed by atoms with E-state index in [0.29, 0.717) is 6.42 Å². The van der Waals surface area contributed by atoms with Crippen molar-refractivity contribution in [1.29, 1.82) is 0 Å². The molecule has 3 aromatic rings. The summed E-state index contributed by atoms with van der Waals surface area (Å²) in [4.78, 5) is 26.9. The number of benzene rings is 2. The van der Waals surface area contributed by atoms with Crippen LogP contribution in [0.5, 0.6) is 0 Å². The molecule has 128 valence electrons. The number of nitrogens with one attached hydrogen (secondary N) is 3. The minimum absolute atomic E-state index is 0.169. The van der Waals surface area contributed by atoms with Crippen LogP contribution in [-0.2, 0) is 22.4 Å². The van der Waals surface area contributed by atoms with Gasteiger partial charge in [0, 0.05) is 23.5 Å². The van der Waals surface area contributed by atoms with Crippen LogP contribution in [0.1, 0.15) is 17.5 Å². The van der Waals surface area contributed by atoms with Crippen LogP contribution in [0, 0.1) is 5.82 Å². The standard InChI is InChI=1S/C19H18FN3O2/c20-15-8-5-13(6-9-15)7-10-18(24)22-23-19(25)11-14-12-21-17-4-2-1-3-16(14)17/h1-6,8-9,12,21H,7,10-11H2,(H,22,24)(H,23,25). The first-order valence-corrected chi connectivity index (χ1v) is 7.99. The second kappa shape index (κ2) is 7.61. The van der Waals surface area contributed by atoms with E-state index in [1.54, 1.807) is 18.3 Å². The zero-order chi connectivity index (χ0) is 17.6. The smallest absolute Gasteiger partial charge is 0.242 e. The van der Waals surface area contributed by atoms with Crippen LogP contribution >= 0.6 is 0 Å². The van der Waals surface area contributed by atoms with Gasteiger partial charge in [-0.1, -0.05) is 30.3 Å². The van der Waals surface area contributed by atoms with Crippen molar-refractivity contribution >= 4 is 22.7 Å². The molecule has 0 unspecified atom stereocenters. The first-order valence-electron chi connectivity index (χ1n) is 7.99. The highest BCUT2D eigenvalue weighted by Crippen LogP contribution is 2.17. The van der Waals surface area contributed by atoms with Crippen LogP contribution in [0.4, 0.5) is 4.39 Å². The average molecular weight is 339 g/mol. The number of hydrogen-bond acceptors (Lipinski definition) is 2. The molecule has 3 N–H and O–H groups in total. The Morgan fingerprint density at radius 2 is 1.68 bits per heavy atom. The molecular weight excluding hydrogens is 321 g/mol. The van der Waals surface area contributed by atoms with Gasteiger partial charge in [0.05, 0.1) is 6.42 Å². The van der Waals surface area contributed by atoms with Crippen LogP contribution in [0.3, 0.4) is 0 Å². The van der Waals surface area contributed by atoms with Crippen LogP contribution in [0.25, 0.3) is 10.9 Å². The summed E-state index contributed by atoms with van der Waals surface area (Å²) in [5, 5.41) is 0.986. The van der Waals surface area contributed by atoms with E-state index in [1.807, 2.05) is 24.3 Å². The lowest BCUT2D eigenvalue weighted by molar-refractivity contribution is -0.128. The number of hydrogen-bond donors (Lipinski definition) is 3. The third-order valence-electron chi connectivity index (χ3n) is 3.92. The van der Waals surface area contributed by atoms with E-state index in [-0.39, 0.29) is 30.5 Å². The minimum Gasteiger partial charge on any atom is -0.361 e. The van der Waals surface area contributed by atoms with Crippen LogP contribution in [0.15, 0.2) is 54.7 Å². The summed E-state index contributed by atoms with van der Waals surface area (Å²) >= 11 is 0. The summed E-state index contributed by atoms with van der Waals surface area (Å²) < 4.78 is 12.8. The van der Waals surface area contributed by atoms with Crippen molar-refractivity contribution in [2.45, 2.75) is 19.3 Å². The molecule has 0 saturated heterocycles. The van der Waals surface area contributed by atoms with Crippen LogP contribution in [-0.4, -0.2) is 16.8 Å². The van der Waals surface area contributed by atoms with Crippen molar-refractivity contribution in [2.75, 3.05) is 0 Å². The van der Waals surface area contributed by atoms with Crippen molar-refractivity contribution in [3.05, 3.63) is 71.7 Å². The molecule has 0 fully saturated rings. The Kier molecular flexibility index (Phi) is 5.09. The topological polar surface area (TPSA) is 74.0 Å². The van der Waals surface area contributed by atoms with Crippen molar-refractivity contribution in [1.82, 2.24) is 15.8 Å². The normalized spacial score (nSPS) is 10.6. The fourth-order valence-electron chi connectivity index (χ4n) is 2.61. The second-order valence-electron chi connectivity index (χ2n) is 5.76. The predicted octanol–water partition coefficient (Wildman–Crippen LogP) is 2.63. The van der Waals surface area contributed by atoms with Gasteiger partial charge >= 0.3 is 0 Å². The second-order valence-corrected chi connectivity index (χ2v) is 5.76. The molecule has 5 nitrogen and oxygen atoms in total. The maximum absolute atomic E-state index is 12.8. The van der Waals surface area contributed by atoms with Crippen molar-refractivity contribution in [3.8, 4) is 0 Å². The lowest BCUT2D eigenvalue weighted by Crippen LogP contribution is -2.42.